The number of benzene rings is 1. The lowest BCUT2D eigenvalue weighted by Crippen LogP contribution is -2.41. The minimum Gasteiger partial charge on any atom is -0.360 e. The normalized spacial score (nSPS) is 24.8. The largest absolute Gasteiger partial charge is 0.360 e. The van der Waals surface area contributed by atoms with E-state index < -0.39 is 5.79 Å². The molecule has 2 rings (SSSR count). The highest BCUT2D eigenvalue weighted by molar-refractivity contribution is 6.30. The summed E-state index contributed by atoms with van der Waals surface area (Å²) in [6, 6.07) is 5.40. The van der Waals surface area contributed by atoms with Crippen LogP contribution in [0.25, 0.3) is 0 Å². The lowest BCUT2D eigenvalue weighted by molar-refractivity contribution is -0.201. The van der Waals surface area contributed by atoms with E-state index in [9.17, 15) is 5.11 Å². The molecule has 1 aromatic carbocycles. The minimum absolute atomic E-state index is 0.219. The summed E-state index contributed by atoms with van der Waals surface area (Å²) in [5.41, 5.74) is 1.35. The minimum atomic E-state index is -1.31. The quantitative estimate of drug-likeness (QED) is 0.758. The molecule has 1 atom stereocenters. The number of rotatable bonds is 0. The van der Waals surface area contributed by atoms with E-state index >= 15 is 0 Å². The fourth-order valence-electron chi connectivity index (χ4n) is 1.83. The fourth-order valence-corrected chi connectivity index (χ4v) is 2.00. The van der Waals surface area contributed by atoms with Crippen LogP contribution in [-0.2, 0) is 10.6 Å². The molecule has 0 saturated carbocycles. The molecular formula is C12H16ClNO2. The standard InChI is InChI=1S/C12H16ClNO2/c1-11(2,3)14-10-6-5-8(13)7-9(10)12(4,15)16-14/h5-7,15H,1-4H3. The van der Waals surface area contributed by atoms with Crippen molar-refractivity contribution < 1.29 is 9.94 Å². The van der Waals surface area contributed by atoms with Gasteiger partial charge in [-0.2, -0.15) is 0 Å². The SMILES string of the molecule is CC1(O)ON(C(C)(C)C)c2ccc(Cl)cc21. The predicted octanol–water partition coefficient (Wildman–Crippen LogP) is 3.06. The number of halogens is 1. The van der Waals surface area contributed by atoms with Crippen molar-refractivity contribution in [3.63, 3.8) is 0 Å². The third-order valence-corrected chi connectivity index (χ3v) is 2.79. The summed E-state index contributed by atoms with van der Waals surface area (Å²) in [6.45, 7) is 7.68. The first kappa shape index (κ1) is 11.7. The van der Waals surface area contributed by atoms with E-state index in [4.69, 9.17) is 16.4 Å². The van der Waals surface area contributed by atoms with Gasteiger partial charge in [0, 0.05) is 10.6 Å². The molecule has 0 bridgehead atoms. The average Bonchev–Trinajstić information content (AvgIpc) is 2.38. The van der Waals surface area contributed by atoms with Crippen LogP contribution < -0.4 is 5.06 Å². The lowest BCUT2D eigenvalue weighted by Gasteiger charge is -2.33. The van der Waals surface area contributed by atoms with Gasteiger partial charge in [0.1, 0.15) is 0 Å². The van der Waals surface area contributed by atoms with Crippen LogP contribution in [0.4, 0.5) is 5.69 Å². The topological polar surface area (TPSA) is 32.7 Å². The van der Waals surface area contributed by atoms with Crippen LogP contribution in [0.2, 0.25) is 5.02 Å². The van der Waals surface area contributed by atoms with E-state index in [1.54, 1.807) is 24.1 Å². The second kappa shape index (κ2) is 3.36. The molecule has 88 valence electrons. The molecule has 4 heteroatoms. The van der Waals surface area contributed by atoms with Crippen molar-refractivity contribution in [3.8, 4) is 0 Å². The van der Waals surface area contributed by atoms with E-state index in [0.29, 0.717) is 10.6 Å². The number of fused-ring (bicyclic) bond motifs is 1. The first-order valence-electron chi connectivity index (χ1n) is 5.23. The van der Waals surface area contributed by atoms with Crippen LogP contribution in [0.5, 0.6) is 0 Å². The molecule has 0 radical (unpaired) electrons. The second-order valence-electron chi connectivity index (χ2n) is 5.20. The third-order valence-electron chi connectivity index (χ3n) is 2.56. The van der Waals surface area contributed by atoms with Crippen LogP contribution in [0.1, 0.15) is 33.3 Å². The molecule has 0 spiro atoms. The van der Waals surface area contributed by atoms with Gasteiger partial charge in [0.05, 0.1) is 11.2 Å². The van der Waals surface area contributed by atoms with Gasteiger partial charge in [0.2, 0.25) is 5.79 Å². The van der Waals surface area contributed by atoms with Gasteiger partial charge in [-0.15, -0.1) is 0 Å². The van der Waals surface area contributed by atoms with E-state index in [2.05, 4.69) is 0 Å². The molecule has 1 aliphatic heterocycles. The first-order valence-corrected chi connectivity index (χ1v) is 5.61. The van der Waals surface area contributed by atoms with Gasteiger partial charge in [-0.05, 0) is 45.9 Å². The Balaban J connectivity index is 2.56. The first-order chi connectivity index (χ1) is 7.22. The summed E-state index contributed by atoms with van der Waals surface area (Å²) in [5.74, 6) is -1.31. The molecule has 0 aromatic heterocycles. The van der Waals surface area contributed by atoms with Crippen molar-refractivity contribution in [1.29, 1.82) is 0 Å². The van der Waals surface area contributed by atoms with E-state index in [-0.39, 0.29) is 5.54 Å². The van der Waals surface area contributed by atoms with E-state index in [1.807, 2.05) is 26.8 Å². The Morgan fingerprint density at radius 3 is 2.56 bits per heavy atom. The molecule has 1 aliphatic rings. The molecule has 16 heavy (non-hydrogen) atoms. The van der Waals surface area contributed by atoms with E-state index in [0.717, 1.165) is 5.69 Å². The van der Waals surface area contributed by atoms with Gasteiger partial charge in [0.25, 0.3) is 0 Å². The number of hydrogen-bond acceptors (Lipinski definition) is 3. The van der Waals surface area contributed by atoms with Crippen molar-refractivity contribution in [2.24, 2.45) is 0 Å². The molecule has 0 amide bonds. The van der Waals surface area contributed by atoms with Crippen molar-refractivity contribution in [2.75, 3.05) is 5.06 Å². The molecule has 0 aliphatic carbocycles. The summed E-state index contributed by atoms with van der Waals surface area (Å²) >= 11 is 5.93. The predicted molar refractivity (Wildman–Crippen MR) is 64.3 cm³/mol. The number of aliphatic hydroxyl groups is 1. The zero-order chi connectivity index (χ0) is 12.1. The van der Waals surface area contributed by atoms with Crippen LogP contribution in [0.3, 0.4) is 0 Å². The maximum absolute atomic E-state index is 10.2. The molecule has 3 nitrogen and oxygen atoms in total. The molecule has 0 saturated heterocycles. The smallest absolute Gasteiger partial charge is 0.217 e. The molecule has 1 heterocycles. The number of anilines is 1. The Bertz CT molecular complexity index is 424. The Morgan fingerprint density at radius 2 is 2.00 bits per heavy atom. The summed E-state index contributed by atoms with van der Waals surface area (Å²) in [5, 5.41) is 12.5. The summed E-state index contributed by atoms with van der Waals surface area (Å²) in [4.78, 5) is 5.57. The summed E-state index contributed by atoms with van der Waals surface area (Å²) in [6.07, 6.45) is 0. The second-order valence-corrected chi connectivity index (χ2v) is 5.64. The number of hydroxylamine groups is 1. The number of hydrogen-bond donors (Lipinski definition) is 1. The van der Waals surface area contributed by atoms with Gasteiger partial charge in [-0.1, -0.05) is 11.6 Å². The highest BCUT2D eigenvalue weighted by atomic mass is 35.5. The molecule has 0 fully saturated rings. The Labute approximate surface area is 101 Å². The van der Waals surface area contributed by atoms with Crippen LogP contribution >= 0.6 is 11.6 Å². The van der Waals surface area contributed by atoms with Gasteiger partial charge in [-0.25, -0.2) is 9.90 Å². The van der Waals surface area contributed by atoms with Crippen molar-refractivity contribution >= 4 is 17.3 Å². The molecule has 1 aromatic rings. The lowest BCUT2D eigenvalue weighted by atomic mass is 10.0. The number of nitrogens with zero attached hydrogens (tertiary/aromatic N) is 1. The third kappa shape index (κ3) is 1.79. The molecular weight excluding hydrogens is 226 g/mol. The Morgan fingerprint density at radius 1 is 1.38 bits per heavy atom. The fraction of sp³-hybridized carbons (Fsp3) is 0.500. The average molecular weight is 242 g/mol. The van der Waals surface area contributed by atoms with E-state index in [1.165, 1.54) is 0 Å². The maximum Gasteiger partial charge on any atom is 0.217 e. The van der Waals surface area contributed by atoms with Crippen LogP contribution in [0.15, 0.2) is 18.2 Å². The van der Waals surface area contributed by atoms with Crippen LogP contribution in [0, 0.1) is 0 Å². The Kier molecular flexibility index (Phi) is 2.46. The van der Waals surface area contributed by atoms with Crippen molar-refractivity contribution in [1.82, 2.24) is 0 Å². The zero-order valence-corrected chi connectivity index (χ0v) is 10.7. The summed E-state index contributed by atoms with van der Waals surface area (Å²) < 4.78 is 0. The Hall–Kier alpha value is -0.770. The summed E-state index contributed by atoms with van der Waals surface area (Å²) in [7, 11) is 0. The van der Waals surface area contributed by atoms with Crippen molar-refractivity contribution in [2.45, 2.75) is 39.0 Å². The van der Waals surface area contributed by atoms with Gasteiger partial charge >= 0.3 is 0 Å². The van der Waals surface area contributed by atoms with Gasteiger partial charge in [0.15, 0.2) is 0 Å². The monoisotopic (exact) mass is 241 g/mol. The zero-order valence-electron chi connectivity index (χ0n) is 9.91. The highest BCUT2D eigenvalue weighted by Crippen LogP contribution is 2.44. The molecule has 1 unspecified atom stereocenters. The van der Waals surface area contributed by atoms with Crippen molar-refractivity contribution in [3.05, 3.63) is 28.8 Å². The molecule has 1 N–H and O–H groups in total. The van der Waals surface area contributed by atoms with Gasteiger partial charge in [-0.3, -0.25) is 0 Å². The highest BCUT2D eigenvalue weighted by Gasteiger charge is 2.43. The van der Waals surface area contributed by atoms with Gasteiger partial charge < -0.3 is 5.11 Å². The van der Waals surface area contributed by atoms with Crippen LogP contribution in [-0.4, -0.2) is 10.6 Å². The maximum atomic E-state index is 10.2.